The largest absolute Gasteiger partial charge is 0.617 e. The normalized spacial score (nSPS) is 14.1. The first kappa shape index (κ1) is 7.27. The molecule has 0 saturated heterocycles. The quantitative estimate of drug-likeness (QED) is 0.467. The minimum atomic E-state index is -0.659. The highest BCUT2D eigenvalue weighted by molar-refractivity contribution is 7.90. The van der Waals surface area contributed by atoms with Gasteiger partial charge in [-0.3, -0.25) is 0 Å². The van der Waals surface area contributed by atoms with Crippen molar-refractivity contribution in [1.29, 1.82) is 0 Å². The molecule has 3 heteroatoms. The van der Waals surface area contributed by atoms with E-state index in [4.69, 9.17) is 0 Å². The smallest absolute Gasteiger partial charge is 0.119 e. The van der Waals surface area contributed by atoms with Crippen LogP contribution in [0.4, 0.5) is 0 Å². The first-order valence-corrected chi connectivity index (χ1v) is 3.85. The molecule has 0 fully saturated rings. The van der Waals surface area contributed by atoms with Crippen LogP contribution in [0.25, 0.3) is 0 Å². The minimum Gasteiger partial charge on any atom is -0.617 e. The fourth-order valence-corrected chi connectivity index (χ4v) is 0.660. The molecule has 0 rings (SSSR count). The second-order valence-electron chi connectivity index (χ2n) is 1.32. The van der Waals surface area contributed by atoms with Gasteiger partial charge in [-0.15, -0.1) is 0 Å². The highest BCUT2D eigenvalue weighted by atomic mass is 32.2. The van der Waals surface area contributed by atoms with Gasteiger partial charge in [-0.05, 0) is 0 Å². The van der Waals surface area contributed by atoms with E-state index in [1.165, 1.54) is 0 Å². The van der Waals surface area contributed by atoms with E-state index in [0.29, 0.717) is 5.75 Å². The third kappa shape index (κ3) is 6.27. The lowest BCUT2D eigenvalue weighted by Crippen LogP contribution is -2.13. The minimum absolute atomic E-state index is 0.659. The Morgan fingerprint density at radius 2 is 2.29 bits per heavy atom. The highest BCUT2D eigenvalue weighted by Crippen LogP contribution is 1.77. The number of rotatable bonds is 3. The lowest BCUT2D eigenvalue weighted by Gasteiger charge is -2.00. The van der Waals surface area contributed by atoms with Crippen molar-refractivity contribution < 1.29 is 4.55 Å². The molecule has 1 radical (unpaired) electrons. The van der Waals surface area contributed by atoms with Gasteiger partial charge in [-0.1, -0.05) is 11.2 Å². The zero-order chi connectivity index (χ0) is 5.70. The summed E-state index contributed by atoms with van der Waals surface area (Å²) in [5.41, 5.74) is 0. The van der Waals surface area contributed by atoms with Crippen LogP contribution in [-0.4, -0.2) is 30.2 Å². The molecule has 0 N–H and O–H groups in total. The number of hydrogen-bond donors (Lipinski definition) is 0. The summed E-state index contributed by atoms with van der Waals surface area (Å²) in [6.07, 6.45) is 1.69. The first-order chi connectivity index (χ1) is 3.27. The Labute approximate surface area is 47.5 Å². The van der Waals surface area contributed by atoms with E-state index in [1.54, 1.807) is 13.3 Å². The van der Waals surface area contributed by atoms with Gasteiger partial charge in [-0.2, -0.15) is 0 Å². The predicted molar refractivity (Wildman–Crippen MR) is 31.9 cm³/mol. The zero-order valence-corrected chi connectivity index (χ0v) is 5.49. The van der Waals surface area contributed by atoms with Crippen LogP contribution in [0.15, 0.2) is 0 Å². The van der Waals surface area contributed by atoms with Gasteiger partial charge in [0.1, 0.15) is 5.75 Å². The standard InChI is InChI=1S/C4H10NOS/c1-5-3-4-7(2)6/h3-4H2,1-2H3. The SMILES string of the molecule is C[N]CC[S+](C)[O-]. The second-order valence-corrected chi connectivity index (χ2v) is 2.87. The van der Waals surface area contributed by atoms with Gasteiger partial charge < -0.3 is 4.55 Å². The monoisotopic (exact) mass is 120 g/mol. The van der Waals surface area contributed by atoms with Crippen LogP contribution in [0.2, 0.25) is 0 Å². The van der Waals surface area contributed by atoms with Gasteiger partial charge in [0, 0.05) is 7.05 Å². The molecule has 0 aromatic carbocycles. The van der Waals surface area contributed by atoms with Crippen LogP contribution in [0.5, 0.6) is 0 Å². The van der Waals surface area contributed by atoms with Gasteiger partial charge in [-0.25, -0.2) is 5.32 Å². The van der Waals surface area contributed by atoms with E-state index in [2.05, 4.69) is 5.32 Å². The molecule has 0 heterocycles. The molecule has 0 aliphatic carbocycles. The third-order valence-corrected chi connectivity index (χ3v) is 1.36. The van der Waals surface area contributed by atoms with Gasteiger partial charge >= 0.3 is 0 Å². The van der Waals surface area contributed by atoms with E-state index < -0.39 is 11.2 Å². The summed E-state index contributed by atoms with van der Waals surface area (Å²) in [5.74, 6) is 0.705. The molecule has 0 aromatic rings. The third-order valence-electron chi connectivity index (χ3n) is 0.602. The second kappa shape index (κ2) is 4.43. The molecule has 1 atom stereocenters. The number of nitrogens with zero attached hydrogens (tertiary/aromatic N) is 1. The van der Waals surface area contributed by atoms with Crippen LogP contribution in [0.3, 0.4) is 0 Å². The van der Waals surface area contributed by atoms with E-state index in [9.17, 15) is 4.55 Å². The lowest BCUT2D eigenvalue weighted by molar-refractivity contribution is 0.598. The van der Waals surface area contributed by atoms with E-state index >= 15 is 0 Å². The van der Waals surface area contributed by atoms with Gasteiger partial charge in [0.25, 0.3) is 0 Å². The maximum absolute atomic E-state index is 10.3. The fourth-order valence-electron chi connectivity index (χ4n) is 0.220. The highest BCUT2D eigenvalue weighted by Gasteiger charge is 1.91. The van der Waals surface area contributed by atoms with Gasteiger partial charge in [0.15, 0.2) is 0 Å². The summed E-state index contributed by atoms with van der Waals surface area (Å²) in [4.78, 5) is 0. The van der Waals surface area contributed by atoms with Crippen LogP contribution in [-0.2, 0) is 11.2 Å². The molecular weight excluding hydrogens is 110 g/mol. The zero-order valence-electron chi connectivity index (χ0n) is 4.68. The maximum Gasteiger partial charge on any atom is 0.119 e. The van der Waals surface area contributed by atoms with Crippen molar-refractivity contribution in [2.75, 3.05) is 25.6 Å². The molecule has 2 nitrogen and oxygen atoms in total. The fraction of sp³-hybridized carbons (Fsp3) is 1.00. The molecule has 0 bridgehead atoms. The Balaban J connectivity index is 2.68. The van der Waals surface area contributed by atoms with Crippen LogP contribution in [0.1, 0.15) is 0 Å². The topological polar surface area (TPSA) is 37.2 Å². The van der Waals surface area contributed by atoms with E-state index in [-0.39, 0.29) is 0 Å². The molecule has 1 unspecified atom stereocenters. The Kier molecular flexibility index (Phi) is 4.60. The van der Waals surface area contributed by atoms with E-state index in [1.807, 2.05) is 0 Å². The summed E-state index contributed by atoms with van der Waals surface area (Å²) in [6.45, 7) is 0.725. The molecule has 0 aromatic heterocycles. The van der Waals surface area contributed by atoms with Crippen molar-refractivity contribution in [3.63, 3.8) is 0 Å². The molecule has 0 spiro atoms. The van der Waals surface area contributed by atoms with Gasteiger partial charge in [0.05, 0.1) is 12.8 Å². The van der Waals surface area contributed by atoms with Crippen molar-refractivity contribution in [1.82, 2.24) is 5.32 Å². The Bertz CT molecular complexity index is 40.7. The maximum atomic E-state index is 10.3. The van der Waals surface area contributed by atoms with Crippen molar-refractivity contribution in [2.24, 2.45) is 0 Å². The summed E-state index contributed by atoms with van der Waals surface area (Å²) >= 11 is -0.659. The average molecular weight is 120 g/mol. The first-order valence-electron chi connectivity index (χ1n) is 2.13. The van der Waals surface area contributed by atoms with Crippen LogP contribution >= 0.6 is 0 Å². The van der Waals surface area contributed by atoms with E-state index in [0.717, 1.165) is 6.54 Å². The van der Waals surface area contributed by atoms with Gasteiger partial charge in [0.2, 0.25) is 0 Å². The Hall–Kier alpha value is 0.270. The number of hydrogen-bond acceptors (Lipinski definition) is 1. The van der Waals surface area contributed by atoms with Crippen molar-refractivity contribution >= 4 is 11.2 Å². The molecule has 0 amide bonds. The summed E-state index contributed by atoms with van der Waals surface area (Å²) in [6, 6.07) is 0. The van der Waals surface area contributed by atoms with Crippen molar-refractivity contribution in [3.8, 4) is 0 Å². The molecule has 0 aliphatic heterocycles. The Morgan fingerprint density at radius 3 is 2.43 bits per heavy atom. The molecule has 7 heavy (non-hydrogen) atoms. The van der Waals surface area contributed by atoms with Crippen LogP contribution in [0, 0.1) is 0 Å². The molecular formula is C4H10NOS. The predicted octanol–water partition coefficient (Wildman–Crippen LogP) is -0.401. The molecule has 43 valence electrons. The Morgan fingerprint density at radius 1 is 1.71 bits per heavy atom. The average Bonchev–Trinajstić information content (AvgIpc) is 1.61. The summed E-state index contributed by atoms with van der Waals surface area (Å²) in [5, 5.41) is 3.78. The summed E-state index contributed by atoms with van der Waals surface area (Å²) in [7, 11) is 1.73. The molecule has 0 saturated carbocycles. The van der Waals surface area contributed by atoms with Crippen molar-refractivity contribution in [3.05, 3.63) is 0 Å². The van der Waals surface area contributed by atoms with Crippen LogP contribution < -0.4 is 5.32 Å². The summed E-state index contributed by atoms with van der Waals surface area (Å²) < 4.78 is 10.3. The molecule has 0 aliphatic rings. The van der Waals surface area contributed by atoms with Crippen molar-refractivity contribution in [2.45, 2.75) is 0 Å². The lowest BCUT2D eigenvalue weighted by atomic mass is 10.8.